The van der Waals surface area contributed by atoms with Gasteiger partial charge in [-0.25, -0.2) is 14.4 Å². The van der Waals surface area contributed by atoms with Crippen molar-refractivity contribution in [2.24, 2.45) is 0 Å². The zero-order valence-corrected chi connectivity index (χ0v) is 15.9. The number of halogens is 1. The Kier molecular flexibility index (Phi) is 3.55. The summed E-state index contributed by atoms with van der Waals surface area (Å²) in [4.78, 5) is 9.41. The maximum Gasteiger partial charge on any atom is 0.184 e. The van der Waals surface area contributed by atoms with Gasteiger partial charge in [-0.15, -0.1) is 10.2 Å². The first kappa shape index (κ1) is 17.2. The number of hydrogen-bond donors (Lipinski definition) is 1. The number of hydrogen-bond acceptors (Lipinski definition) is 5. The first-order valence-corrected chi connectivity index (χ1v) is 9.38. The van der Waals surface area contributed by atoms with Gasteiger partial charge >= 0.3 is 0 Å². The van der Waals surface area contributed by atoms with E-state index in [1.807, 2.05) is 19.1 Å². The fourth-order valence-corrected chi connectivity index (χ4v) is 3.52. The minimum absolute atomic E-state index is 0.276. The molecule has 1 fully saturated rings. The van der Waals surface area contributed by atoms with Crippen molar-refractivity contribution in [3.05, 3.63) is 53.1 Å². The summed E-state index contributed by atoms with van der Waals surface area (Å²) in [6.07, 6.45) is 2.27. The average Bonchev–Trinajstić information content (AvgIpc) is 3.39. The van der Waals surface area contributed by atoms with E-state index in [0.29, 0.717) is 34.3 Å². The second-order valence-electron chi connectivity index (χ2n) is 7.99. The monoisotopic (exact) mass is 377 g/mol. The molecule has 0 radical (unpaired) electrons. The Morgan fingerprint density at radius 1 is 1.07 bits per heavy atom. The molecular weight excluding hydrogens is 357 g/mol. The van der Waals surface area contributed by atoms with Crippen molar-refractivity contribution in [2.75, 3.05) is 0 Å². The Morgan fingerprint density at radius 3 is 2.57 bits per heavy atom. The molecule has 1 saturated carbocycles. The van der Waals surface area contributed by atoms with Gasteiger partial charge < -0.3 is 5.11 Å². The van der Waals surface area contributed by atoms with Gasteiger partial charge in [0.15, 0.2) is 17.1 Å². The van der Waals surface area contributed by atoms with Gasteiger partial charge in [-0.2, -0.15) is 0 Å². The smallest absolute Gasteiger partial charge is 0.184 e. The first-order valence-electron chi connectivity index (χ1n) is 9.38. The molecule has 7 heteroatoms. The maximum atomic E-state index is 14.8. The van der Waals surface area contributed by atoms with E-state index in [4.69, 9.17) is 4.98 Å². The third-order valence-electron chi connectivity index (χ3n) is 5.27. The largest absolute Gasteiger partial charge is 0.386 e. The summed E-state index contributed by atoms with van der Waals surface area (Å²) in [5.74, 6) is 0.411. The Labute approximate surface area is 161 Å². The van der Waals surface area contributed by atoms with E-state index in [2.05, 4.69) is 15.2 Å². The van der Waals surface area contributed by atoms with Crippen molar-refractivity contribution in [2.45, 2.75) is 45.1 Å². The van der Waals surface area contributed by atoms with Crippen LogP contribution in [0.25, 0.3) is 28.2 Å². The van der Waals surface area contributed by atoms with Gasteiger partial charge in [-0.3, -0.25) is 4.40 Å². The predicted molar refractivity (Wildman–Crippen MR) is 103 cm³/mol. The molecule has 0 spiro atoms. The molecule has 5 rings (SSSR count). The second-order valence-corrected chi connectivity index (χ2v) is 7.99. The number of fused-ring (bicyclic) bond motifs is 3. The number of pyridine rings is 1. The molecule has 1 aliphatic rings. The lowest BCUT2D eigenvalue weighted by atomic mass is 9.96. The Bertz CT molecular complexity index is 1240. The molecule has 0 unspecified atom stereocenters. The number of rotatable bonds is 3. The zero-order chi connectivity index (χ0) is 19.6. The van der Waals surface area contributed by atoms with Crippen molar-refractivity contribution < 1.29 is 9.50 Å². The van der Waals surface area contributed by atoms with Gasteiger partial charge in [-0.1, -0.05) is 6.07 Å². The van der Waals surface area contributed by atoms with Crippen LogP contribution in [0.5, 0.6) is 0 Å². The molecule has 142 valence electrons. The Morgan fingerprint density at radius 2 is 1.86 bits per heavy atom. The van der Waals surface area contributed by atoms with Crippen LogP contribution in [0.15, 0.2) is 30.3 Å². The van der Waals surface area contributed by atoms with E-state index in [9.17, 15) is 9.50 Å². The maximum absolute atomic E-state index is 14.8. The van der Waals surface area contributed by atoms with Crippen molar-refractivity contribution in [1.29, 1.82) is 0 Å². The lowest BCUT2D eigenvalue weighted by molar-refractivity contribution is 0.0786. The molecular formula is C21H20FN5O. The van der Waals surface area contributed by atoms with Crippen LogP contribution in [0, 0.1) is 12.7 Å². The highest BCUT2D eigenvalue weighted by Crippen LogP contribution is 2.39. The number of aryl methyl sites for hydroxylation is 1. The van der Waals surface area contributed by atoms with Crippen molar-refractivity contribution in [3.63, 3.8) is 0 Å². The summed E-state index contributed by atoms with van der Waals surface area (Å²) in [6, 6.07) is 8.52. The number of benzene rings is 1. The first-order chi connectivity index (χ1) is 13.3. The number of nitrogens with zero attached hydrogens (tertiary/aromatic N) is 5. The van der Waals surface area contributed by atoms with Gasteiger partial charge in [0.2, 0.25) is 0 Å². The molecule has 0 amide bonds. The summed E-state index contributed by atoms with van der Waals surface area (Å²) in [5.41, 5.74) is 3.39. The van der Waals surface area contributed by atoms with Gasteiger partial charge in [0.05, 0.1) is 16.9 Å². The van der Waals surface area contributed by atoms with Gasteiger partial charge in [-0.05, 0) is 63.4 Å². The second kappa shape index (κ2) is 5.78. The molecule has 4 aromatic rings. The van der Waals surface area contributed by atoms with Gasteiger partial charge in [0.1, 0.15) is 11.3 Å². The van der Waals surface area contributed by atoms with E-state index in [1.54, 1.807) is 30.4 Å². The van der Waals surface area contributed by atoms with Crippen LogP contribution >= 0.6 is 0 Å². The Hall–Kier alpha value is -2.93. The third-order valence-corrected chi connectivity index (χ3v) is 5.27. The van der Waals surface area contributed by atoms with Gasteiger partial charge in [0.25, 0.3) is 0 Å². The zero-order valence-electron chi connectivity index (χ0n) is 15.9. The summed E-state index contributed by atoms with van der Waals surface area (Å²) < 4.78 is 16.5. The highest BCUT2D eigenvalue weighted by Gasteiger charge is 2.26. The third kappa shape index (κ3) is 2.65. The highest BCUT2D eigenvalue weighted by molar-refractivity contribution is 5.78. The SMILES string of the molecule is Cc1nc2ccc(C3CC3)nc2n2c(-c3cc(C(C)(C)O)ccc3F)nnc12. The summed E-state index contributed by atoms with van der Waals surface area (Å²) in [6.45, 7) is 5.18. The molecule has 0 atom stereocenters. The molecule has 28 heavy (non-hydrogen) atoms. The van der Waals surface area contributed by atoms with Crippen molar-refractivity contribution in [1.82, 2.24) is 24.6 Å². The van der Waals surface area contributed by atoms with E-state index in [0.717, 1.165) is 24.1 Å². The van der Waals surface area contributed by atoms with Crippen LogP contribution in [0.2, 0.25) is 0 Å². The van der Waals surface area contributed by atoms with Crippen LogP contribution in [-0.4, -0.2) is 29.7 Å². The molecule has 0 bridgehead atoms. The van der Waals surface area contributed by atoms with Crippen molar-refractivity contribution in [3.8, 4) is 11.4 Å². The lowest BCUT2D eigenvalue weighted by Crippen LogP contribution is -2.15. The summed E-state index contributed by atoms with van der Waals surface area (Å²) >= 11 is 0. The van der Waals surface area contributed by atoms with Crippen LogP contribution < -0.4 is 0 Å². The standard InChI is InChI=1S/C21H20FN5O/c1-11-18-25-26-19(14-10-13(21(2,3)28)6-7-15(14)22)27(18)20-17(23-11)9-8-16(24-20)12-4-5-12/h6-10,12,28H,4-5H2,1-3H3. The van der Waals surface area contributed by atoms with Crippen molar-refractivity contribution >= 4 is 16.8 Å². The fourth-order valence-electron chi connectivity index (χ4n) is 3.52. The molecule has 3 aromatic heterocycles. The molecule has 0 aliphatic heterocycles. The Balaban J connectivity index is 1.83. The molecule has 1 aliphatic carbocycles. The predicted octanol–water partition coefficient (Wildman–Crippen LogP) is 3.89. The van der Waals surface area contributed by atoms with Crippen LogP contribution in [0.4, 0.5) is 4.39 Å². The number of aromatic nitrogens is 5. The molecule has 1 N–H and O–H groups in total. The molecule has 1 aromatic carbocycles. The van der Waals surface area contributed by atoms with Crippen LogP contribution in [-0.2, 0) is 5.60 Å². The van der Waals surface area contributed by atoms with E-state index < -0.39 is 11.4 Å². The van der Waals surface area contributed by atoms with E-state index in [1.165, 1.54) is 6.07 Å². The number of aliphatic hydroxyl groups is 1. The highest BCUT2D eigenvalue weighted by atomic mass is 19.1. The normalized spacial score (nSPS) is 14.9. The fraction of sp³-hybridized carbons (Fsp3) is 0.333. The van der Waals surface area contributed by atoms with E-state index in [-0.39, 0.29) is 5.56 Å². The van der Waals surface area contributed by atoms with Crippen LogP contribution in [0.1, 0.15) is 49.6 Å². The topological polar surface area (TPSA) is 76.2 Å². The lowest BCUT2D eigenvalue weighted by Gasteiger charge is -2.18. The molecule has 0 saturated heterocycles. The summed E-state index contributed by atoms with van der Waals surface area (Å²) in [7, 11) is 0. The van der Waals surface area contributed by atoms with Crippen LogP contribution in [0.3, 0.4) is 0 Å². The quantitative estimate of drug-likeness (QED) is 0.586. The van der Waals surface area contributed by atoms with Gasteiger partial charge in [0, 0.05) is 11.6 Å². The molecule has 6 nitrogen and oxygen atoms in total. The minimum Gasteiger partial charge on any atom is -0.386 e. The summed E-state index contributed by atoms with van der Waals surface area (Å²) in [5, 5.41) is 18.9. The average molecular weight is 377 g/mol. The minimum atomic E-state index is -1.10. The molecule has 3 heterocycles. The van der Waals surface area contributed by atoms with E-state index >= 15 is 0 Å².